The van der Waals surface area contributed by atoms with Crippen LogP contribution in [0.25, 0.3) is 0 Å². The van der Waals surface area contributed by atoms with E-state index in [1.165, 1.54) is 11.1 Å². The van der Waals surface area contributed by atoms with Gasteiger partial charge in [-0.2, -0.15) is 0 Å². The van der Waals surface area contributed by atoms with Gasteiger partial charge in [0.2, 0.25) is 0 Å². The van der Waals surface area contributed by atoms with Gasteiger partial charge in [-0.1, -0.05) is 48.0 Å². The largest absolute Gasteiger partial charge is 0.487 e. The molecular weight excluding hydrogens is 446 g/mol. The molecule has 2 N–H and O–H groups in total. The van der Waals surface area contributed by atoms with E-state index in [9.17, 15) is 4.79 Å². The maximum atomic E-state index is 12.6. The van der Waals surface area contributed by atoms with Gasteiger partial charge in [-0.05, 0) is 63.8 Å². The highest BCUT2D eigenvalue weighted by Crippen LogP contribution is 2.38. The third-order valence-corrected chi connectivity index (χ3v) is 6.67. The molecule has 0 unspecified atom stereocenters. The van der Waals surface area contributed by atoms with Gasteiger partial charge in [0.1, 0.15) is 11.4 Å². The van der Waals surface area contributed by atoms with Crippen molar-refractivity contribution in [3.8, 4) is 5.75 Å². The molecule has 0 spiro atoms. The number of nitrogens with one attached hydrogen (secondary N) is 2. The van der Waals surface area contributed by atoms with E-state index in [0.717, 1.165) is 51.2 Å². The van der Waals surface area contributed by atoms with Gasteiger partial charge in [0.15, 0.2) is 0 Å². The Balaban J connectivity index is 0.00000158. The molecule has 1 fully saturated rings. The van der Waals surface area contributed by atoms with Crippen LogP contribution < -0.4 is 15.4 Å². The average Bonchev–Trinajstić information content (AvgIpc) is 3.20. The standard InChI is InChI=1S/C26H34ClN3O2.C2H4/c1-26(2)16-20-6-3-7-21(24(20)32-26)18-30-14-11-19(12-15-30)17-29-25(31)23-10-4-8-22(27)9-5-13-28-23;1-2/h3,5-10,19,28H,4,11-18H2,1-2H3,(H,29,31);1-2H2/b9-5-,22-8+,23-10-;. The third-order valence-electron chi connectivity index (χ3n) is 6.39. The monoisotopic (exact) mass is 483 g/mol. The molecule has 0 saturated carbocycles. The summed E-state index contributed by atoms with van der Waals surface area (Å²) in [6.45, 7) is 14.6. The Labute approximate surface area is 209 Å². The van der Waals surface area contributed by atoms with Crippen LogP contribution in [0.4, 0.5) is 0 Å². The maximum absolute atomic E-state index is 12.6. The van der Waals surface area contributed by atoms with Crippen LogP contribution in [0.3, 0.4) is 0 Å². The summed E-state index contributed by atoms with van der Waals surface area (Å²) in [5.41, 5.74) is 3.13. The molecule has 0 radical (unpaired) electrons. The van der Waals surface area contributed by atoms with Gasteiger partial charge in [0.25, 0.3) is 5.91 Å². The predicted octanol–water partition coefficient (Wildman–Crippen LogP) is 5.09. The second kappa shape index (κ2) is 12.3. The first-order valence-corrected chi connectivity index (χ1v) is 12.5. The van der Waals surface area contributed by atoms with Gasteiger partial charge in [0, 0.05) is 36.7 Å². The zero-order valence-corrected chi connectivity index (χ0v) is 21.3. The molecule has 0 atom stereocenters. The topological polar surface area (TPSA) is 53.6 Å². The molecule has 3 heterocycles. The molecule has 3 aliphatic rings. The number of halogens is 1. The van der Waals surface area contributed by atoms with Gasteiger partial charge in [0.05, 0.1) is 5.70 Å². The van der Waals surface area contributed by atoms with E-state index in [-0.39, 0.29) is 11.5 Å². The second-order valence-electron chi connectivity index (χ2n) is 9.60. The first-order valence-electron chi connectivity index (χ1n) is 12.2. The lowest BCUT2D eigenvalue weighted by Crippen LogP contribution is -2.40. The molecule has 0 bridgehead atoms. The van der Waals surface area contributed by atoms with Crippen molar-refractivity contribution in [2.24, 2.45) is 5.92 Å². The number of likely N-dealkylation sites (tertiary alicyclic amines) is 1. The molecule has 184 valence electrons. The number of carbonyl (C=O) groups is 1. The number of amides is 1. The van der Waals surface area contributed by atoms with Crippen LogP contribution in [0.1, 0.15) is 44.2 Å². The van der Waals surface area contributed by atoms with Crippen molar-refractivity contribution in [1.82, 2.24) is 15.5 Å². The molecule has 1 amide bonds. The predicted molar refractivity (Wildman–Crippen MR) is 141 cm³/mol. The molecular formula is C28H38ClN3O2. The highest BCUT2D eigenvalue weighted by Gasteiger charge is 2.32. The van der Waals surface area contributed by atoms with E-state index in [2.05, 4.69) is 60.7 Å². The van der Waals surface area contributed by atoms with Crippen LogP contribution in [-0.4, -0.2) is 42.6 Å². The summed E-state index contributed by atoms with van der Waals surface area (Å²) in [7, 11) is 0. The summed E-state index contributed by atoms with van der Waals surface area (Å²) in [4.78, 5) is 15.1. The Morgan fingerprint density at radius 2 is 2.03 bits per heavy atom. The molecule has 4 rings (SSSR count). The van der Waals surface area contributed by atoms with Crippen LogP contribution in [0.2, 0.25) is 0 Å². The van der Waals surface area contributed by atoms with Crippen molar-refractivity contribution in [3.05, 3.63) is 77.5 Å². The number of rotatable bonds is 5. The maximum Gasteiger partial charge on any atom is 0.267 e. The molecule has 0 aliphatic carbocycles. The van der Waals surface area contributed by atoms with Gasteiger partial charge in [-0.15, -0.1) is 13.2 Å². The van der Waals surface area contributed by atoms with Crippen molar-refractivity contribution in [3.63, 3.8) is 0 Å². The number of benzene rings is 1. The van der Waals surface area contributed by atoms with E-state index in [4.69, 9.17) is 16.3 Å². The fourth-order valence-electron chi connectivity index (χ4n) is 4.67. The molecule has 1 aromatic carbocycles. The van der Waals surface area contributed by atoms with Crippen LogP contribution in [0.15, 0.2) is 66.4 Å². The number of allylic oxidation sites excluding steroid dienone is 4. The Morgan fingerprint density at radius 3 is 2.79 bits per heavy atom. The number of para-hydroxylation sites is 1. The number of piperidine rings is 1. The third kappa shape index (κ3) is 7.25. The number of hydrogen-bond acceptors (Lipinski definition) is 4. The molecule has 1 aromatic rings. The van der Waals surface area contributed by atoms with Crippen molar-refractivity contribution in [2.45, 2.75) is 51.7 Å². The summed E-state index contributed by atoms with van der Waals surface area (Å²) >= 11 is 6.06. The van der Waals surface area contributed by atoms with Gasteiger partial charge in [-0.25, -0.2) is 0 Å². The molecule has 5 nitrogen and oxygen atoms in total. The molecule has 6 heteroatoms. The van der Waals surface area contributed by atoms with E-state index >= 15 is 0 Å². The minimum Gasteiger partial charge on any atom is -0.487 e. The van der Waals surface area contributed by atoms with Crippen molar-refractivity contribution >= 4 is 17.5 Å². The van der Waals surface area contributed by atoms with E-state index < -0.39 is 0 Å². The summed E-state index contributed by atoms with van der Waals surface area (Å²) in [5, 5.41) is 7.00. The fraction of sp³-hybridized carbons (Fsp3) is 0.464. The minimum absolute atomic E-state index is 0.0353. The minimum atomic E-state index is -0.109. The Hall–Kier alpha value is -2.50. The number of hydrogen-bond donors (Lipinski definition) is 2. The van der Waals surface area contributed by atoms with Crippen LogP contribution in [0.5, 0.6) is 5.75 Å². The normalized spacial score (nSPS) is 24.1. The Morgan fingerprint density at radius 1 is 1.26 bits per heavy atom. The summed E-state index contributed by atoms with van der Waals surface area (Å²) in [6, 6.07) is 6.54. The molecule has 34 heavy (non-hydrogen) atoms. The Kier molecular flexibility index (Phi) is 9.43. The van der Waals surface area contributed by atoms with Crippen molar-refractivity contribution in [1.29, 1.82) is 0 Å². The fourth-order valence-corrected chi connectivity index (χ4v) is 4.85. The van der Waals surface area contributed by atoms with Crippen molar-refractivity contribution < 1.29 is 9.53 Å². The second-order valence-corrected chi connectivity index (χ2v) is 10.0. The van der Waals surface area contributed by atoms with Gasteiger partial charge >= 0.3 is 0 Å². The van der Waals surface area contributed by atoms with Crippen LogP contribution in [-0.2, 0) is 17.8 Å². The summed E-state index contributed by atoms with van der Waals surface area (Å²) < 4.78 is 6.24. The lowest BCUT2D eigenvalue weighted by atomic mass is 9.96. The first-order chi connectivity index (χ1) is 16.4. The molecule has 3 aliphatic heterocycles. The number of fused-ring (bicyclic) bond motifs is 1. The zero-order chi connectivity index (χ0) is 24.6. The first kappa shape index (κ1) is 26.1. The van der Waals surface area contributed by atoms with E-state index in [1.54, 1.807) is 0 Å². The highest BCUT2D eigenvalue weighted by molar-refractivity contribution is 6.31. The number of carbonyl (C=O) groups excluding carboxylic acids is 1. The lowest BCUT2D eigenvalue weighted by molar-refractivity contribution is -0.118. The Bertz CT molecular complexity index is 943. The number of nitrogens with zero attached hydrogens (tertiary/aromatic N) is 1. The quantitative estimate of drug-likeness (QED) is 0.573. The van der Waals surface area contributed by atoms with E-state index in [1.807, 2.05) is 24.3 Å². The zero-order valence-electron chi connectivity index (χ0n) is 20.5. The average molecular weight is 484 g/mol. The van der Waals surface area contributed by atoms with Crippen LogP contribution in [0, 0.1) is 5.92 Å². The van der Waals surface area contributed by atoms with Crippen LogP contribution >= 0.6 is 11.6 Å². The van der Waals surface area contributed by atoms with E-state index in [0.29, 0.717) is 29.6 Å². The summed E-state index contributed by atoms with van der Waals surface area (Å²) in [5.74, 6) is 1.57. The smallest absolute Gasteiger partial charge is 0.267 e. The highest BCUT2D eigenvalue weighted by atomic mass is 35.5. The van der Waals surface area contributed by atoms with Gasteiger partial charge < -0.3 is 15.4 Å². The molecule has 1 saturated heterocycles. The lowest BCUT2D eigenvalue weighted by Gasteiger charge is -2.32. The number of ether oxygens (including phenoxy) is 1. The molecule has 0 aromatic heterocycles. The van der Waals surface area contributed by atoms with Gasteiger partial charge in [-0.3, -0.25) is 9.69 Å². The SMILES string of the molecule is C=C.CC1(C)Cc2cccc(CN3CCC(CNC(=O)/C4=C/C/C=C(Cl)\C=C/CN4)CC3)c2O1. The van der Waals surface area contributed by atoms with Crippen molar-refractivity contribution in [2.75, 3.05) is 26.2 Å². The summed E-state index contributed by atoms with van der Waals surface area (Å²) in [6.07, 6.45) is 11.4.